The van der Waals surface area contributed by atoms with Crippen LogP contribution in [0, 0.1) is 5.82 Å². The number of rotatable bonds is 2. The highest BCUT2D eigenvalue weighted by atomic mass is 19.1. The van der Waals surface area contributed by atoms with Gasteiger partial charge in [-0.05, 0) is 56.5 Å². The second-order valence-electron chi connectivity index (χ2n) is 5.53. The highest BCUT2D eigenvalue weighted by Gasteiger charge is 2.31. The monoisotopic (exact) mass is 248 g/mol. The van der Waals surface area contributed by atoms with Crippen molar-refractivity contribution in [3.8, 4) is 0 Å². The van der Waals surface area contributed by atoms with Crippen molar-refractivity contribution in [3.63, 3.8) is 0 Å². The van der Waals surface area contributed by atoms with Gasteiger partial charge in [0.25, 0.3) is 0 Å². The molecule has 1 aromatic rings. The third-order valence-corrected chi connectivity index (χ3v) is 4.52. The second-order valence-corrected chi connectivity index (χ2v) is 5.53. The average Bonchev–Trinajstić information content (AvgIpc) is 2.84. The molecule has 3 heteroatoms. The molecular formula is C15H21FN2. The maximum absolute atomic E-state index is 13.7. The lowest BCUT2D eigenvalue weighted by Crippen LogP contribution is -2.45. The number of likely N-dealkylation sites (N-methyl/N-ethyl adjacent to an activating group) is 1. The van der Waals surface area contributed by atoms with E-state index >= 15 is 0 Å². The number of nitrogens with zero attached hydrogens (tertiary/aromatic N) is 1. The number of piperidine rings is 1. The molecule has 2 unspecified atom stereocenters. The summed E-state index contributed by atoms with van der Waals surface area (Å²) in [7, 11) is 2.20. The van der Waals surface area contributed by atoms with Crippen molar-refractivity contribution < 1.29 is 4.39 Å². The van der Waals surface area contributed by atoms with Crippen LogP contribution >= 0.6 is 0 Å². The molecule has 1 saturated heterocycles. The third-order valence-electron chi connectivity index (χ3n) is 4.52. The lowest BCUT2D eigenvalue weighted by Gasteiger charge is -2.36. The number of benzene rings is 1. The lowest BCUT2D eigenvalue weighted by atomic mass is 10.0. The van der Waals surface area contributed by atoms with Gasteiger partial charge in [0.05, 0.1) is 0 Å². The molecule has 1 aliphatic heterocycles. The summed E-state index contributed by atoms with van der Waals surface area (Å²) in [5.41, 5.74) is 2.15. The molecule has 1 fully saturated rings. The summed E-state index contributed by atoms with van der Waals surface area (Å²) in [6.07, 6.45) is 4.45. The lowest BCUT2D eigenvalue weighted by molar-refractivity contribution is 0.146. The molecular weight excluding hydrogens is 227 g/mol. The summed E-state index contributed by atoms with van der Waals surface area (Å²) in [5.74, 6) is -0.0230. The number of hydrogen-bond donors (Lipinski definition) is 1. The van der Waals surface area contributed by atoms with Crippen molar-refractivity contribution in [1.29, 1.82) is 0 Å². The molecule has 1 N–H and O–H groups in total. The first-order valence-corrected chi connectivity index (χ1v) is 6.97. The van der Waals surface area contributed by atoms with Crippen molar-refractivity contribution in [3.05, 3.63) is 35.1 Å². The zero-order valence-electron chi connectivity index (χ0n) is 11.0. The molecule has 2 atom stereocenters. The number of hydrogen-bond acceptors (Lipinski definition) is 2. The fraction of sp³-hybridized carbons (Fsp3) is 0.600. The molecule has 0 radical (unpaired) electrons. The van der Waals surface area contributed by atoms with E-state index in [1.165, 1.54) is 18.4 Å². The van der Waals surface area contributed by atoms with E-state index in [2.05, 4.69) is 23.3 Å². The number of nitrogens with one attached hydrogen (secondary N) is 1. The Morgan fingerprint density at radius 2 is 2.22 bits per heavy atom. The Morgan fingerprint density at radius 1 is 1.33 bits per heavy atom. The molecule has 0 saturated carbocycles. The fourth-order valence-corrected chi connectivity index (χ4v) is 3.45. The van der Waals surface area contributed by atoms with Crippen molar-refractivity contribution in [2.75, 3.05) is 20.1 Å². The largest absolute Gasteiger partial charge is 0.315 e. The van der Waals surface area contributed by atoms with E-state index in [0.29, 0.717) is 12.1 Å². The zero-order chi connectivity index (χ0) is 12.5. The Bertz CT molecular complexity index is 427. The SMILES string of the molecule is CN(C1CCCNC1)C1CCc2c(F)cccc21. The van der Waals surface area contributed by atoms with Crippen LogP contribution in [0.15, 0.2) is 18.2 Å². The van der Waals surface area contributed by atoms with Crippen LogP contribution in [-0.4, -0.2) is 31.1 Å². The van der Waals surface area contributed by atoms with E-state index in [4.69, 9.17) is 0 Å². The smallest absolute Gasteiger partial charge is 0.126 e. The van der Waals surface area contributed by atoms with Crippen LogP contribution in [0.25, 0.3) is 0 Å². The van der Waals surface area contributed by atoms with Crippen LogP contribution in [-0.2, 0) is 6.42 Å². The Balaban J connectivity index is 1.80. The van der Waals surface area contributed by atoms with Gasteiger partial charge in [-0.25, -0.2) is 4.39 Å². The zero-order valence-corrected chi connectivity index (χ0v) is 11.0. The van der Waals surface area contributed by atoms with Crippen LogP contribution in [0.2, 0.25) is 0 Å². The Hall–Kier alpha value is -0.930. The first-order chi connectivity index (χ1) is 8.77. The van der Waals surface area contributed by atoms with Gasteiger partial charge in [-0.15, -0.1) is 0 Å². The van der Waals surface area contributed by atoms with Gasteiger partial charge in [-0.2, -0.15) is 0 Å². The predicted octanol–water partition coefficient (Wildman–Crippen LogP) is 2.50. The van der Waals surface area contributed by atoms with Gasteiger partial charge in [-0.1, -0.05) is 12.1 Å². The fourth-order valence-electron chi connectivity index (χ4n) is 3.45. The van der Waals surface area contributed by atoms with Crippen LogP contribution < -0.4 is 5.32 Å². The Morgan fingerprint density at radius 3 is 3.00 bits per heavy atom. The topological polar surface area (TPSA) is 15.3 Å². The molecule has 18 heavy (non-hydrogen) atoms. The van der Waals surface area contributed by atoms with Crippen LogP contribution in [0.5, 0.6) is 0 Å². The minimum Gasteiger partial charge on any atom is -0.315 e. The highest BCUT2D eigenvalue weighted by Crippen LogP contribution is 2.37. The van der Waals surface area contributed by atoms with Crippen LogP contribution in [0.1, 0.15) is 36.4 Å². The van der Waals surface area contributed by atoms with Crippen molar-refractivity contribution in [2.45, 2.75) is 37.8 Å². The average molecular weight is 248 g/mol. The standard InChI is InChI=1S/C15H21FN2/c1-18(11-4-3-9-17-10-11)15-8-7-12-13(15)5-2-6-14(12)16/h2,5-6,11,15,17H,3-4,7-10H2,1H3. The minimum absolute atomic E-state index is 0.0230. The van der Waals surface area contributed by atoms with Crippen molar-refractivity contribution in [2.24, 2.45) is 0 Å². The molecule has 2 nitrogen and oxygen atoms in total. The van der Waals surface area contributed by atoms with Gasteiger partial charge in [0.15, 0.2) is 0 Å². The minimum atomic E-state index is -0.0230. The molecule has 1 aromatic carbocycles. The third kappa shape index (κ3) is 2.06. The molecule has 1 heterocycles. The molecule has 1 aliphatic carbocycles. The van der Waals surface area contributed by atoms with E-state index in [9.17, 15) is 4.39 Å². The van der Waals surface area contributed by atoms with Crippen molar-refractivity contribution >= 4 is 0 Å². The summed E-state index contributed by atoms with van der Waals surface area (Å²) in [5, 5.41) is 3.46. The quantitative estimate of drug-likeness (QED) is 0.865. The van der Waals surface area contributed by atoms with Gasteiger partial charge >= 0.3 is 0 Å². The Labute approximate surface area is 108 Å². The summed E-state index contributed by atoms with van der Waals surface area (Å²) in [6.45, 7) is 2.21. The van der Waals surface area contributed by atoms with Gasteiger partial charge in [-0.3, -0.25) is 4.90 Å². The summed E-state index contributed by atoms with van der Waals surface area (Å²) in [6, 6.07) is 6.53. The maximum Gasteiger partial charge on any atom is 0.126 e. The maximum atomic E-state index is 13.7. The van der Waals surface area contributed by atoms with Crippen LogP contribution in [0.4, 0.5) is 4.39 Å². The van der Waals surface area contributed by atoms with E-state index in [1.807, 2.05) is 6.07 Å². The van der Waals surface area contributed by atoms with Gasteiger partial charge in [0.2, 0.25) is 0 Å². The molecule has 2 aliphatic rings. The normalized spacial score (nSPS) is 27.5. The van der Waals surface area contributed by atoms with Crippen LogP contribution in [0.3, 0.4) is 0 Å². The van der Waals surface area contributed by atoms with Gasteiger partial charge in [0, 0.05) is 18.6 Å². The van der Waals surface area contributed by atoms with Crippen molar-refractivity contribution in [1.82, 2.24) is 10.2 Å². The molecule has 98 valence electrons. The van der Waals surface area contributed by atoms with E-state index < -0.39 is 0 Å². The molecule has 0 spiro atoms. The summed E-state index contributed by atoms with van der Waals surface area (Å²) >= 11 is 0. The van der Waals surface area contributed by atoms with E-state index in [-0.39, 0.29) is 5.82 Å². The number of fused-ring (bicyclic) bond motifs is 1. The van der Waals surface area contributed by atoms with Gasteiger partial charge in [0.1, 0.15) is 5.82 Å². The predicted molar refractivity (Wildman–Crippen MR) is 71.1 cm³/mol. The molecule has 0 bridgehead atoms. The summed E-state index contributed by atoms with van der Waals surface area (Å²) < 4.78 is 13.7. The van der Waals surface area contributed by atoms with Gasteiger partial charge < -0.3 is 5.32 Å². The van der Waals surface area contributed by atoms with E-state index in [0.717, 1.165) is 31.5 Å². The molecule has 0 amide bonds. The van der Waals surface area contributed by atoms with E-state index in [1.54, 1.807) is 6.07 Å². The summed E-state index contributed by atoms with van der Waals surface area (Å²) in [4.78, 5) is 2.46. The Kier molecular flexibility index (Phi) is 3.35. The first-order valence-electron chi connectivity index (χ1n) is 6.97. The second kappa shape index (κ2) is 4.98. The highest BCUT2D eigenvalue weighted by molar-refractivity contribution is 5.35. The molecule has 0 aromatic heterocycles. The molecule has 3 rings (SSSR count). The number of halogens is 1. The first kappa shape index (κ1) is 12.1.